The van der Waals surface area contributed by atoms with Crippen molar-refractivity contribution in [1.82, 2.24) is 0 Å². The first-order chi connectivity index (χ1) is 9.91. The van der Waals surface area contributed by atoms with Crippen LogP contribution < -0.4 is 11.1 Å². The molecule has 0 bridgehead atoms. The van der Waals surface area contributed by atoms with Gasteiger partial charge in [0.2, 0.25) is 5.91 Å². The highest BCUT2D eigenvalue weighted by atomic mass is 16.2. The lowest BCUT2D eigenvalue weighted by atomic mass is 9.82. The number of anilines is 1. The third kappa shape index (κ3) is 2.98. The molecule has 1 amide bonds. The fourth-order valence-electron chi connectivity index (χ4n) is 3.31. The minimum Gasteiger partial charge on any atom is -0.325 e. The van der Waals surface area contributed by atoms with Crippen LogP contribution in [-0.2, 0) is 10.2 Å². The van der Waals surface area contributed by atoms with Crippen molar-refractivity contribution < 1.29 is 4.79 Å². The number of hydrogen-bond acceptors (Lipinski definition) is 2. The van der Waals surface area contributed by atoms with Gasteiger partial charge in [0.25, 0.3) is 0 Å². The van der Waals surface area contributed by atoms with Gasteiger partial charge in [0.15, 0.2) is 0 Å². The molecule has 1 aromatic rings. The summed E-state index contributed by atoms with van der Waals surface area (Å²) in [6.45, 7) is 8.37. The van der Waals surface area contributed by atoms with Gasteiger partial charge in [-0.3, -0.25) is 4.79 Å². The van der Waals surface area contributed by atoms with E-state index in [1.807, 2.05) is 19.9 Å². The van der Waals surface area contributed by atoms with Crippen LogP contribution >= 0.6 is 0 Å². The van der Waals surface area contributed by atoms with Crippen LogP contribution in [0.4, 0.5) is 5.69 Å². The summed E-state index contributed by atoms with van der Waals surface area (Å²) < 4.78 is 0. The lowest BCUT2D eigenvalue weighted by Gasteiger charge is -2.25. The summed E-state index contributed by atoms with van der Waals surface area (Å²) >= 11 is 0. The Morgan fingerprint density at radius 2 is 1.81 bits per heavy atom. The maximum atomic E-state index is 12.0. The summed E-state index contributed by atoms with van der Waals surface area (Å²) in [6.07, 6.45) is 4.64. The summed E-state index contributed by atoms with van der Waals surface area (Å²) in [5.41, 5.74) is 9.23. The first kappa shape index (κ1) is 16.0. The van der Waals surface area contributed by atoms with Gasteiger partial charge in [-0.25, -0.2) is 0 Å². The molecule has 0 fully saturated rings. The van der Waals surface area contributed by atoms with Crippen molar-refractivity contribution in [3.8, 4) is 0 Å². The largest absolute Gasteiger partial charge is 0.325 e. The van der Waals surface area contributed by atoms with E-state index in [-0.39, 0.29) is 11.9 Å². The predicted molar refractivity (Wildman–Crippen MR) is 88.3 cm³/mol. The Morgan fingerprint density at radius 3 is 2.38 bits per heavy atom. The second kappa shape index (κ2) is 6.18. The average Bonchev–Trinajstić information content (AvgIpc) is 2.68. The number of nitrogens with one attached hydrogen (secondary N) is 1. The molecule has 1 aliphatic rings. The molecule has 1 aromatic carbocycles. The zero-order chi connectivity index (χ0) is 15.6. The molecule has 0 saturated carbocycles. The van der Waals surface area contributed by atoms with Crippen LogP contribution in [0.25, 0.3) is 0 Å². The van der Waals surface area contributed by atoms with Gasteiger partial charge >= 0.3 is 0 Å². The maximum Gasteiger partial charge on any atom is 0.234 e. The Balaban J connectivity index is 2.30. The Hall–Kier alpha value is -1.35. The van der Waals surface area contributed by atoms with Gasteiger partial charge < -0.3 is 11.1 Å². The zero-order valence-electron chi connectivity index (χ0n) is 13.7. The minimum atomic E-state index is -0.462. The standard InChI is InChI=1S/C18H28N2O/c1-5-7-12(8-6-2)16(19)13-9-10-15-14(11-13)18(3,4)17(21)20-15/h9-12,16H,5-8,19H2,1-4H3,(H,20,21). The van der Waals surface area contributed by atoms with E-state index in [1.54, 1.807) is 0 Å². The molecule has 0 saturated heterocycles. The van der Waals surface area contributed by atoms with Crippen LogP contribution in [-0.4, -0.2) is 5.91 Å². The monoisotopic (exact) mass is 288 g/mol. The Morgan fingerprint density at radius 1 is 1.19 bits per heavy atom. The van der Waals surface area contributed by atoms with E-state index in [1.165, 1.54) is 0 Å². The summed E-state index contributed by atoms with van der Waals surface area (Å²) in [5, 5.41) is 2.95. The van der Waals surface area contributed by atoms with Crippen molar-refractivity contribution >= 4 is 11.6 Å². The fraction of sp³-hybridized carbons (Fsp3) is 0.611. The lowest BCUT2D eigenvalue weighted by molar-refractivity contribution is -0.119. The molecular formula is C18H28N2O. The van der Waals surface area contributed by atoms with Gasteiger partial charge in [-0.15, -0.1) is 0 Å². The van der Waals surface area contributed by atoms with Crippen molar-refractivity contribution in [3.63, 3.8) is 0 Å². The predicted octanol–water partition coefficient (Wildman–Crippen LogP) is 4.13. The van der Waals surface area contributed by atoms with Gasteiger partial charge in [0, 0.05) is 11.7 Å². The topological polar surface area (TPSA) is 55.1 Å². The number of hydrogen-bond donors (Lipinski definition) is 2. The van der Waals surface area contributed by atoms with E-state index in [0.717, 1.165) is 42.5 Å². The van der Waals surface area contributed by atoms with Gasteiger partial charge in [-0.2, -0.15) is 0 Å². The van der Waals surface area contributed by atoms with Gasteiger partial charge in [-0.1, -0.05) is 38.8 Å². The molecule has 116 valence electrons. The Kier molecular flexibility index (Phi) is 4.72. The molecule has 0 spiro atoms. The number of carbonyl (C=O) groups excluding carboxylic acids is 1. The van der Waals surface area contributed by atoms with E-state index in [0.29, 0.717) is 5.92 Å². The first-order valence-electron chi connectivity index (χ1n) is 8.13. The molecule has 1 unspecified atom stereocenters. The molecule has 21 heavy (non-hydrogen) atoms. The van der Waals surface area contributed by atoms with Gasteiger partial charge in [0.1, 0.15) is 0 Å². The summed E-state index contributed by atoms with van der Waals surface area (Å²) in [6, 6.07) is 6.27. The molecule has 1 atom stereocenters. The summed E-state index contributed by atoms with van der Waals surface area (Å²) in [7, 11) is 0. The second-order valence-electron chi connectivity index (χ2n) is 6.75. The fourth-order valence-corrected chi connectivity index (χ4v) is 3.31. The van der Waals surface area contributed by atoms with Gasteiger partial charge in [0.05, 0.1) is 5.41 Å². The first-order valence-corrected chi connectivity index (χ1v) is 8.13. The molecule has 2 rings (SSSR count). The minimum absolute atomic E-state index is 0.0571. The van der Waals surface area contributed by atoms with E-state index in [4.69, 9.17) is 5.73 Å². The van der Waals surface area contributed by atoms with Crippen LogP contribution in [0.1, 0.15) is 70.5 Å². The van der Waals surface area contributed by atoms with Crippen LogP contribution in [0.5, 0.6) is 0 Å². The van der Waals surface area contributed by atoms with Crippen LogP contribution in [0, 0.1) is 5.92 Å². The molecule has 1 heterocycles. The van der Waals surface area contributed by atoms with Crippen LogP contribution in [0.15, 0.2) is 18.2 Å². The van der Waals surface area contributed by atoms with E-state index < -0.39 is 5.41 Å². The third-order valence-corrected chi connectivity index (χ3v) is 4.74. The molecular weight excluding hydrogens is 260 g/mol. The van der Waals surface area contributed by atoms with Crippen molar-refractivity contribution in [2.24, 2.45) is 11.7 Å². The molecule has 0 radical (unpaired) electrons. The number of nitrogens with two attached hydrogens (primary N) is 1. The number of rotatable bonds is 6. The summed E-state index contributed by atoms with van der Waals surface area (Å²) in [4.78, 5) is 12.0. The molecule has 3 nitrogen and oxygen atoms in total. The highest BCUT2D eigenvalue weighted by molar-refractivity contribution is 6.05. The van der Waals surface area contributed by atoms with Crippen LogP contribution in [0.3, 0.4) is 0 Å². The number of benzene rings is 1. The highest BCUT2D eigenvalue weighted by Gasteiger charge is 2.38. The van der Waals surface area contributed by atoms with E-state index in [2.05, 4.69) is 31.3 Å². The molecule has 3 N–H and O–H groups in total. The smallest absolute Gasteiger partial charge is 0.234 e. The van der Waals surface area contributed by atoms with Gasteiger partial charge in [-0.05, 0) is 49.8 Å². The SMILES string of the molecule is CCCC(CCC)C(N)c1ccc2c(c1)C(C)(C)C(=O)N2. The van der Waals surface area contributed by atoms with Crippen molar-refractivity contribution in [2.75, 3.05) is 5.32 Å². The zero-order valence-corrected chi connectivity index (χ0v) is 13.7. The molecule has 0 aromatic heterocycles. The average molecular weight is 288 g/mol. The maximum absolute atomic E-state index is 12.0. The normalized spacial score (nSPS) is 17.7. The molecule has 1 aliphatic heterocycles. The molecule has 0 aliphatic carbocycles. The Bertz CT molecular complexity index is 516. The van der Waals surface area contributed by atoms with Crippen LogP contribution in [0.2, 0.25) is 0 Å². The Labute approximate surface area is 128 Å². The van der Waals surface area contributed by atoms with E-state index in [9.17, 15) is 4.79 Å². The number of carbonyl (C=O) groups is 1. The third-order valence-electron chi connectivity index (χ3n) is 4.74. The number of fused-ring (bicyclic) bond motifs is 1. The number of amides is 1. The van der Waals surface area contributed by atoms with Crippen molar-refractivity contribution in [2.45, 2.75) is 64.8 Å². The van der Waals surface area contributed by atoms with Crippen molar-refractivity contribution in [1.29, 1.82) is 0 Å². The molecule has 3 heteroatoms. The van der Waals surface area contributed by atoms with E-state index >= 15 is 0 Å². The highest BCUT2D eigenvalue weighted by Crippen LogP contribution is 2.39. The second-order valence-corrected chi connectivity index (χ2v) is 6.75. The summed E-state index contributed by atoms with van der Waals surface area (Å²) in [5.74, 6) is 0.591. The quantitative estimate of drug-likeness (QED) is 0.827. The van der Waals surface area contributed by atoms with Crippen molar-refractivity contribution in [3.05, 3.63) is 29.3 Å². The lowest BCUT2D eigenvalue weighted by Crippen LogP contribution is -2.27.